The normalized spacial score (nSPS) is 29.1. The standard InChI is InChI=1S/C26H32FN5O3/c1-34-23-8-20(4-5-22(23)27)35-21-6-17-11-30(12-18(17)7-21)25(33)31-13-26(14-31)9-19(10-26)32-15-28-24(29-32)16-2-3-16/h4-5,8,15-19,21H,2-3,6-7,9-14H2,1H3/t17-,18+,21?. The van der Waals surface area contributed by atoms with Crippen molar-refractivity contribution >= 4 is 6.03 Å². The van der Waals surface area contributed by atoms with Crippen LogP contribution in [0.3, 0.4) is 0 Å². The van der Waals surface area contributed by atoms with Gasteiger partial charge in [0.25, 0.3) is 0 Å². The second-order valence-corrected chi connectivity index (χ2v) is 11.5. The van der Waals surface area contributed by atoms with E-state index in [-0.39, 0.29) is 29.1 Å². The van der Waals surface area contributed by atoms with E-state index in [2.05, 4.69) is 14.6 Å². The maximum absolute atomic E-state index is 13.7. The van der Waals surface area contributed by atoms with Crippen LogP contribution < -0.4 is 9.47 Å². The van der Waals surface area contributed by atoms with Crippen LogP contribution >= 0.6 is 0 Å². The van der Waals surface area contributed by atoms with Gasteiger partial charge in [-0.1, -0.05) is 0 Å². The Morgan fingerprint density at radius 2 is 1.86 bits per heavy atom. The number of halogens is 1. The van der Waals surface area contributed by atoms with Gasteiger partial charge >= 0.3 is 6.03 Å². The largest absolute Gasteiger partial charge is 0.494 e. The number of hydrogen-bond donors (Lipinski definition) is 0. The zero-order valence-electron chi connectivity index (χ0n) is 20.1. The van der Waals surface area contributed by atoms with E-state index in [9.17, 15) is 9.18 Å². The fraction of sp³-hybridized carbons (Fsp3) is 0.654. The van der Waals surface area contributed by atoms with Crippen molar-refractivity contribution in [3.8, 4) is 11.5 Å². The molecule has 1 aromatic carbocycles. The second-order valence-electron chi connectivity index (χ2n) is 11.5. The van der Waals surface area contributed by atoms with Crippen LogP contribution in [0.15, 0.2) is 24.5 Å². The van der Waals surface area contributed by atoms with E-state index in [4.69, 9.17) is 14.6 Å². The first-order valence-electron chi connectivity index (χ1n) is 12.9. The molecule has 1 unspecified atom stereocenters. The molecule has 2 aliphatic heterocycles. The molecule has 2 saturated heterocycles. The predicted molar refractivity (Wildman–Crippen MR) is 125 cm³/mol. The molecule has 35 heavy (non-hydrogen) atoms. The summed E-state index contributed by atoms with van der Waals surface area (Å²) >= 11 is 0. The second kappa shape index (κ2) is 7.83. The Kier molecular flexibility index (Phi) is 4.80. The molecule has 2 amide bonds. The number of urea groups is 1. The smallest absolute Gasteiger partial charge is 0.320 e. The number of nitrogens with zero attached hydrogens (tertiary/aromatic N) is 5. The van der Waals surface area contributed by atoms with E-state index in [1.165, 1.54) is 26.0 Å². The number of fused-ring (bicyclic) bond motifs is 1. The molecule has 1 aromatic heterocycles. The first kappa shape index (κ1) is 21.4. The van der Waals surface area contributed by atoms with Crippen LogP contribution in [0.25, 0.3) is 0 Å². The molecule has 186 valence electrons. The summed E-state index contributed by atoms with van der Waals surface area (Å²) < 4.78 is 26.9. The molecule has 3 atom stereocenters. The number of carbonyl (C=O) groups is 1. The monoisotopic (exact) mass is 481 g/mol. The van der Waals surface area contributed by atoms with Crippen LogP contribution in [0, 0.1) is 23.1 Å². The van der Waals surface area contributed by atoms with E-state index < -0.39 is 0 Å². The van der Waals surface area contributed by atoms with Gasteiger partial charge in [0.05, 0.1) is 19.3 Å². The van der Waals surface area contributed by atoms with Gasteiger partial charge in [-0.25, -0.2) is 18.9 Å². The van der Waals surface area contributed by atoms with Gasteiger partial charge in [-0.05, 0) is 62.5 Å². The van der Waals surface area contributed by atoms with Gasteiger partial charge in [0.2, 0.25) is 0 Å². The lowest BCUT2D eigenvalue weighted by atomic mass is 9.61. The van der Waals surface area contributed by atoms with Crippen molar-refractivity contribution in [1.29, 1.82) is 0 Å². The average Bonchev–Trinajstić information content (AvgIpc) is 3.21. The summed E-state index contributed by atoms with van der Waals surface area (Å²) in [6.07, 6.45) is 8.52. The highest BCUT2D eigenvalue weighted by Crippen LogP contribution is 2.54. The van der Waals surface area contributed by atoms with Gasteiger partial charge in [-0.2, -0.15) is 5.10 Å². The summed E-state index contributed by atoms with van der Waals surface area (Å²) in [5.74, 6) is 3.01. The number of methoxy groups -OCH3 is 1. The summed E-state index contributed by atoms with van der Waals surface area (Å²) in [6.45, 7) is 3.36. The lowest BCUT2D eigenvalue weighted by molar-refractivity contribution is -0.0735. The van der Waals surface area contributed by atoms with Crippen molar-refractivity contribution in [2.45, 2.75) is 56.6 Å². The summed E-state index contributed by atoms with van der Waals surface area (Å²) in [7, 11) is 1.46. The minimum absolute atomic E-state index is 0.105. The molecule has 0 radical (unpaired) electrons. The lowest BCUT2D eigenvalue weighted by Crippen LogP contribution is -2.65. The zero-order valence-corrected chi connectivity index (χ0v) is 20.1. The lowest BCUT2D eigenvalue weighted by Gasteiger charge is -2.59. The molecule has 8 nitrogen and oxygen atoms in total. The van der Waals surface area contributed by atoms with Gasteiger partial charge in [0.1, 0.15) is 12.1 Å². The minimum Gasteiger partial charge on any atom is -0.494 e. The quantitative estimate of drug-likeness (QED) is 0.649. The Morgan fingerprint density at radius 1 is 1.11 bits per heavy atom. The van der Waals surface area contributed by atoms with E-state index >= 15 is 0 Å². The summed E-state index contributed by atoms with van der Waals surface area (Å²) in [6, 6.07) is 5.29. The van der Waals surface area contributed by atoms with Crippen LogP contribution in [0.4, 0.5) is 9.18 Å². The number of aromatic nitrogens is 3. The Bertz CT molecular complexity index is 1120. The highest BCUT2D eigenvalue weighted by Gasteiger charge is 2.56. The van der Waals surface area contributed by atoms with Crippen molar-refractivity contribution in [2.75, 3.05) is 33.3 Å². The number of ether oxygens (including phenoxy) is 2. The minimum atomic E-state index is -0.386. The van der Waals surface area contributed by atoms with Crippen LogP contribution in [0.1, 0.15) is 56.3 Å². The summed E-state index contributed by atoms with van der Waals surface area (Å²) in [5.41, 5.74) is 0.288. The zero-order chi connectivity index (χ0) is 23.7. The van der Waals surface area contributed by atoms with Crippen LogP contribution in [0.5, 0.6) is 11.5 Å². The molecule has 3 saturated carbocycles. The third-order valence-corrected chi connectivity index (χ3v) is 8.91. The average molecular weight is 482 g/mol. The number of carbonyl (C=O) groups excluding carboxylic acids is 1. The number of hydrogen-bond acceptors (Lipinski definition) is 5. The highest BCUT2D eigenvalue weighted by atomic mass is 19.1. The molecular formula is C26H32FN5O3. The topological polar surface area (TPSA) is 72.7 Å². The predicted octanol–water partition coefficient (Wildman–Crippen LogP) is 3.85. The first-order chi connectivity index (χ1) is 17.0. The Labute approximate surface area is 204 Å². The number of amides is 2. The Morgan fingerprint density at radius 3 is 2.54 bits per heavy atom. The van der Waals surface area contributed by atoms with Crippen molar-refractivity contribution in [3.63, 3.8) is 0 Å². The van der Waals surface area contributed by atoms with Crippen molar-refractivity contribution in [3.05, 3.63) is 36.2 Å². The van der Waals surface area contributed by atoms with Crippen LogP contribution in [0.2, 0.25) is 0 Å². The highest BCUT2D eigenvalue weighted by molar-refractivity contribution is 5.76. The molecular weight excluding hydrogens is 449 g/mol. The molecule has 1 spiro atoms. The number of benzene rings is 1. The maximum atomic E-state index is 13.7. The van der Waals surface area contributed by atoms with E-state index in [1.807, 2.05) is 11.2 Å². The van der Waals surface area contributed by atoms with E-state index in [0.717, 1.165) is 57.7 Å². The first-order valence-corrected chi connectivity index (χ1v) is 12.9. The van der Waals surface area contributed by atoms with Crippen LogP contribution in [-0.4, -0.2) is 70.0 Å². The van der Waals surface area contributed by atoms with Crippen molar-refractivity contribution in [2.24, 2.45) is 17.3 Å². The van der Waals surface area contributed by atoms with E-state index in [1.54, 1.807) is 12.1 Å². The molecule has 9 heteroatoms. The number of rotatable bonds is 5. The maximum Gasteiger partial charge on any atom is 0.320 e. The Balaban J connectivity index is 0.879. The van der Waals surface area contributed by atoms with Crippen molar-refractivity contribution in [1.82, 2.24) is 24.6 Å². The molecule has 5 aliphatic rings. The molecule has 3 heterocycles. The number of likely N-dealkylation sites (tertiary alicyclic amines) is 2. The molecule has 2 aromatic rings. The molecule has 0 bridgehead atoms. The fourth-order valence-electron chi connectivity index (χ4n) is 6.88. The van der Waals surface area contributed by atoms with Gasteiger partial charge in [-0.3, -0.25) is 0 Å². The third kappa shape index (κ3) is 3.74. The third-order valence-electron chi connectivity index (χ3n) is 8.91. The van der Waals surface area contributed by atoms with Crippen molar-refractivity contribution < 1.29 is 18.7 Å². The van der Waals surface area contributed by atoms with Gasteiger partial charge in [0, 0.05) is 43.6 Å². The summed E-state index contributed by atoms with van der Waals surface area (Å²) in [4.78, 5) is 21.7. The molecule has 7 rings (SSSR count). The summed E-state index contributed by atoms with van der Waals surface area (Å²) in [5, 5.41) is 4.70. The molecule has 3 aliphatic carbocycles. The van der Waals surface area contributed by atoms with E-state index in [0.29, 0.717) is 29.5 Å². The van der Waals surface area contributed by atoms with Crippen LogP contribution in [-0.2, 0) is 0 Å². The Hall–Kier alpha value is -2.84. The van der Waals surface area contributed by atoms with Gasteiger partial charge in [-0.15, -0.1) is 0 Å². The van der Waals surface area contributed by atoms with Gasteiger partial charge in [0.15, 0.2) is 17.4 Å². The SMILES string of the molecule is COc1cc(OC2C[C@@H]3CN(C(=O)N4CC5(CC(n6cnc(C7CC7)n6)C5)C4)C[C@@H]3C2)ccc1F. The fourth-order valence-corrected chi connectivity index (χ4v) is 6.88. The molecule has 5 fully saturated rings. The molecule has 0 N–H and O–H groups in total. The van der Waals surface area contributed by atoms with Gasteiger partial charge < -0.3 is 19.3 Å².